The Morgan fingerprint density at radius 3 is 2.62 bits per heavy atom. The zero-order chi connectivity index (χ0) is 20.2. The van der Waals surface area contributed by atoms with Crippen LogP contribution in [-0.2, 0) is 6.42 Å². The molecule has 1 aliphatic rings. The first kappa shape index (κ1) is 19.3. The van der Waals surface area contributed by atoms with Gasteiger partial charge in [0.15, 0.2) is 0 Å². The van der Waals surface area contributed by atoms with Crippen molar-refractivity contribution in [1.82, 2.24) is 5.32 Å². The predicted molar refractivity (Wildman–Crippen MR) is 122 cm³/mol. The number of rotatable bonds is 6. The maximum Gasteiger partial charge on any atom is 0.319 e. The normalized spacial score (nSPS) is 13.7. The second-order valence-electron chi connectivity index (χ2n) is 7.39. The quantitative estimate of drug-likeness (QED) is 0.622. The fraction of sp³-hybridized carbons (Fsp3) is 0.261. The van der Waals surface area contributed by atoms with Gasteiger partial charge < -0.3 is 15.1 Å². The molecule has 0 saturated carbocycles. The van der Waals surface area contributed by atoms with E-state index in [1.54, 1.807) is 0 Å². The lowest BCUT2D eigenvalue weighted by molar-refractivity contribution is 0.251. The summed E-state index contributed by atoms with van der Waals surface area (Å²) in [5, 5.41) is 8.77. The summed E-state index contributed by atoms with van der Waals surface area (Å²) < 4.78 is 0. The third-order valence-electron chi connectivity index (χ3n) is 5.31. The highest BCUT2D eigenvalue weighted by Gasteiger charge is 2.27. The van der Waals surface area contributed by atoms with Crippen LogP contribution in [-0.4, -0.2) is 33.2 Å². The zero-order valence-corrected chi connectivity index (χ0v) is 17.6. The minimum absolute atomic E-state index is 0.0731. The molecule has 0 fully saturated rings. The largest absolute Gasteiger partial charge is 0.378 e. The number of benzene rings is 2. The molecule has 2 aromatic carbocycles. The molecule has 150 valence electrons. The number of thiophene rings is 1. The lowest BCUT2D eigenvalue weighted by Gasteiger charge is -2.31. The van der Waals surface area contributed by atoms with Gasteiger partial charge in [0, 0.05) is 38.6 Å². The molecule has 2 heterocycles. The Balaban J connectivity index is 1.55. The van der Waals surface area contributed by atoms with Gasteiger partial charge in [-0.05, 0) is 53.3 Å². The van der Waals surface area contributed by atoms with Crippen molar-refractivity contribution in [2.75, 3.05) is 42.3 Å². The molecule has 0 spiro atoms. The lowest BCUT2D eigenvalue weighted by atomic mass is 10.0. The van der Waals surface area contributed by atoms with E-state index in [2.05, 4.69) is 69.0 Å². The van der Waals surface area contributed by atoms with Gasteiger partial charge in [-0.2, -0.15) is 0 Å². The van der Waals surface area contributed by atoms with Crippen LogP contribution in [0.4, 0.5) is 21.2 Å². The van der Waals surface area contributed by atoms with Gasteiger partial charge in [-0.3, -0.25) is 5.32 Å². The monoisotopic (exact) mass is 406 g/mol. The fourth-order valence-electron chi connectivity index (χ4n) is 3.79. The van der Waals surface area contributed by atoms with E-state index in [0.29, 0.717) is 6.54 Å². The SMILES string of the molecule is CN(C)c1ccc(C(CNC(=O)Nc2cccs2)N2CCc3ccccc32)cc1. The van der Waals surface area contributed by atoms with Crippen LogP contribution in [0.15, 0.2) is 66.0 Å². The number of amides is 2. The van der Waals surface area contributed by atoms with Crippen molar-refractivity contribution in [2.24, 2.45) is 0 Å². The molecular weight excluding hydrogens is 380 g/mol. The first-order chi connectivity index (χ1) is 14.1. The van der Waals surface area contributed by atoms with Crippen molar-refractivity contribution in [2.45, 2.75) is 12.5 Å². The van der Waals surface area contributed by atoms with Gasteiger partial charge in [-0.1, -0.05) is 30.3 Å². The number of fused-ring (bicyclic) bond motifs is 1. The number of urea groups is 1. The molecule has 2 amide bonds. The Bertz CT molecular complexity index is 953. The van der Waals surface area contributed by atoms with Gasteiger partial charge in [0.05, 0.1) is 11.0 Å². The molecule has 1 unspecified atom stereocenters. The Labute approximate surface area is 176 Å². The number of nitrogens with one attached hydrogen (secondary N) is 2. The number of carbonyl (C=O) groups is 1. The zero-order valence-electron chi connectivity index (χ0n) is 16.8. The summed E-state index contributed by atoms with van der Waals surface area (Å²) in [6.45, 7) is 1.49. The minimum Gasteiger partial charge on any atom is -0.378 e. The predicted octanol–water partition coefficient (Wildman–Crippen LogP) is 4.74. The van der Waals surface area contributed by atoms with Crippen LogP contribution >= 0.6 is 11.3 Å². The second kappa shape index (κ2) is 8.57. The number of para-hydroxylation sites is 1. The lowest BCUT2D eigenvalue weighted by Crippen LogP contribution is -2.39. The van der Waals surface area contributed by atoms with Crippen LogP contribution < -0.4 is 20.4 Å². The molecule has 3 aromatic rings. The van der Waals surface area contributed by atoms with E-state index < -0.39 is 0 Å². The van der Waals surface area contributed by atoms with Gasteiger partial charge in [0.1, 0.15) is 0 Å². The molecule has 6 heteroatoms. The van der Waals surface area contributed by atoms with Gasteiger partial charge >= 0.3 is 6.03 Å². The summed E-state index contributed by atoms with van der Waals surface area (Å²) in [5.41, 5.74) is 4.99. The molecule has 1 aromatic heterocycles. The second-order valence-corrected chi connectivity index (χ2v) is 8.33. The number of hydrogen-bond donors (Lipinski definition) is 2. The summed E-state index contributed by atoms with van der Waals surface area (Å²) in [6.07, 6.45) is 1.03. The molecule has 0 radical (unpaired) electrons. The minimum atomic E-state index is -0.171. The number of nitrogens with zero attached hydrogens (tertiary/aromatic N) is 2. The van der Waals surface area contributed by atoms with Gasteiger partial charge in [-0.25, -0.2) is 4.79 Å². The van der Waals surface area contributed by atoms with Crippen molar-refractivity contribution in [3.63, 3.8) is 0 Å². The summed E-state index contributed by atoms with van der Waals surface area (Å²) >= 11 is 1.52. The molecule has 1 atom stereocenters. The Kier molecular flexibility index (Phi) is 5.71. The van der Waals surface area contributed by atoms with E-state index in [4.69, 9.17) is 0 Å². The Hall–Kier alpha value is -2.99. The number of anilines is 3. The van der Waals surface area contributed by atoms with Gasteiger partial charge in [0.2, 0.25) is 0 Å². The van der Waals surface area contributed by atoms with E-state index in [9.17, 15) is 4.79 Å². The van der Waals surface area contributed by atoms with E-state index in [1.165, 1.54) is 28.2 Å². The van der Waals surface area contributed by atoms with Crippen molar-refractivity contribution < 1.29 is 4.79 Å². The van der Waals surface area contributed by atoms with Crippen LogP contribution in [0, 0.1) is 0 Å². The molecule has 5 nitrogen and oxygen atoms in total. The smallest absolute Gasteiger partial charge is 0.319 e. The highest BCUT2D eigenvalue weighted by Crippen LogP contribution is 2.35. The van der Waals surface area contributed by atoms with Crippen LogP contribution in [0.25, 0.3) is 0 Å². The van der Waals surface area contributed by atoms with Crippen LogP contribution in [0.5, 0.6) is 0 Å². The maximum absolute atomic E-state index is 12.4. The maximum atomic E-state index is 12.4. The summed E-state index contributed by atoms with van der Waals surface area (Å²) in [7, 11) is 4.08. The Morgan fingerprint density at radius 2 is 1.90 bits per heavy atom. The number of hydrogen-bond acceptors (Lipinski definition) is 4. The Morgan fingerprint density at radius 1 is 1.10 bits per heavy atom. The molecule has 0 saturated heterocycles. The molecule has 1 aliphatic heterocycles. The van der Waals surface area contributed by atoms with E-state index in [1.807, 2.05) is 31.6 Å². The van der Waals surface area contributed by atoms with E-state index >= 15 is 0 Å². The average Bonchev–Trinajstić information content (AvgIpc) is 3.39. The topological polar surface area (TPSA) is 47.6 Å². The highest BCUT2D eigenvalue weighted by molar-refractivity contribution is 7.14. The summed E-state index contributed by atoms with van der Waals surface area (Å²) in [6, 6.07) is 20.9. The number of carbonyl (C=O) groups excluding carboxylic acids is 1. The summed E-state index contributed by atoms with van der Waals surface area (Å²) in [4.78, 5) is 16.9. The van der Waals surface area contributed by atoms with Crippen molar-refractivity contribution in [3.05, 3.63) is 77.2 Å². The van der Waals surface area contributed by atoms with Crippen LogP contribution in [0.3, 0.4) is 0 Å². The molecule has 0 aliphatic carbocycles. The van der Waals surface area contributed by atoms with Crippen molar-refractivity contribution in [1.29, 1.82) is 0 Å². The first-order valence-electron chi connectivity index (χ1n) is 9.82. The van der Waals surface area contributed by atoms with Gasteiger partial charge in [-0.15, -0.1) is 11.3 Å². The average molecular weight is 407 g/mol. The molecule has 29 heavy (non-hydrogen) atoms. The third kappa shape index (κ3) is 4.38. The van der Waals surface area contributed by atoms with Gasteiger partial charge in [0.25, 0.3) is 0 Å². The summed E-state index contributed by atoms with van der Waals surface area (Å²) in [5.74, 6) is 0. The van der Waals surface area contributed by atoms with Crippen molar-refractivity contribution in [3.8, 4) is 0 Å². The molecular formula is C23H26N4OS. The molecule has 2 N–H and O–H groups in total. The van der Waals surface area contributed by atoms with Crippen LogP contribution in [0.2, 0.25) is 0 Å². The first-order valence-corrected chi connectivity index (χ1v) is 10.7. The third-order valence-corrected chi connectivity index (χ3v) is 6.09. The molecule has 4 rings (SSSR count). The molecule has 0 bridgehead atoms. The van der Waals surface area contributed by atoms with E-state index in [0.717, 1.165) is 23.7 Å². The standard InChI is InChI=1S/C23H26N4OS/c1-26(2)19-11-9-18(10-12-19)21(16-24-23(28)25-22-8-5-15-29-22)27-14-13-17-6-3-4-7-20(17)27/h3-12,15,21H,13-14,16H2,1-2H3,(H2,24,25,28). The highest BCUT2D eigenvalue weighted by atomic mass is 32.1. The van der Waals surface area contributed by atoms with Crippen LogP contribution in [0.1, 0.15) is 17.2 Å². The van der Waals surface area contributed by atoms with Crippen molar-refractivity contribution >= 4 is 33.7 Å². The van der Waals surface area contributed by atoms with E-state index in [-0.39, 0.29) is 12.1 Å². The fourth-order valence-corrected chi connectivity index (χ4v) is 4.40.